The summed E-state index contributed by atoms with van der Waals surface area (Å²) in [6, 6.07) is 23.4. The van der Waals surface area contributed by atoms with Crippen LogP contribution in [0, 0.1) is 0 Å². The van der Waals surface area contributed by atoms with Crippen molar-refractivity contribution in [2.45, 2.75) is 22.9 Å². The average Bonchev–Trinajstić information content (AvgIpc) is 2.96. The highest BCUT2D eigenvalue weighted by atomic mass is 35.5. The van der Waals surface area contributed by atoms with Gasteiger partial charge in [-0.1, -0.05) is 54.1 Å². The minimum Gasteiger partial charge on any atom is -0.497 e. The minimum atomic E-state index is -0.674. The van der Waals surface area contributed by atoms with Crippen LogP contribution in [-0.4, -0.2) is 39.3 Å². The lowest BCUT2D eigenvalue weighted by molar-refractivity contribution is -0.131. The zero-order valence-electron chi connectivity index (χ0n) is 19.1. The molecule has 180 valence electrons. The number of anilines is 1. The number of fused-ring (bicyclic) bond motifs is 1. The van der Waals surface area contributed by atoms with Gasteiger partial charge in [-0.3, -0.25) is 4.79 Å². The lowest BCUT2D eigenvalue weighted by Crippen LogP contribution is -2.44. The number of hydrogen-bond donors (Lipinski definition) is 1. The Morgan fingerprint density at radius 1 is 1.06 bits per heavy atom. The summed E-state index contributed by atoms with van der Waals surface area (Å²) in [4.78, 5) is 16.7. The van der Waals surface area contributed by atoms with Crippen LogP contribution in [0.3, 0.4) is 0 Å². The molecule has 0 bridgehead atoms. The number of likely N-dealkylation sites (N-methyl/N-ethyl adjacent to an activating group) is 1. The first-order valence-corrected chi connectivity index (χ1v) is 12.1. The van der Waals surface area contributed by atoms with Gasteiger partial charge in [0.1, 0.15) is 5.75 Å². The lowest BCUT2D eigenvalue weighted by atomic mass is 10.1. The first-order chi connectivity index (χ1) is 16.1. The van der Waals surface area contributed by atoms with E-state index in [1.807, 2.05) is 84.7 Å². The smallest absolute Gasteiger partial charge is 0.257 e. The molecule has 2 atom stereocenters. The molecule has 0 aromatic heterocycles. The summed E-state index contributed by atoms with van der Waals surface area (Å²) in [6.07, 6.45) is -0.674. The quantitative estimate of drug-likeness (QED) is 0.411. The van der Waals surface area contributed by atoms with E-state index in [-0.39, 0.29) is 23.6 Å². The molecule has 3 aromatic carbocycles. The van der Waals surface area contributed by atoms with Crippen LogP contribution in [0.25, 0.3) is 0 Å². The largest absolute Gasteiger partial charge is 0.497 e. The molecule has 0 saturated carbocycles. The lowest BCUT2D eigenvalue weighted by Gasteiger charge is -2.28. The van der Waals surface area contributed by atoms with Crippen molar-refractivity contribution in [1.82, 2.24) is 5.32 Å². The average molecular weight is 519 g/mol. The number of amides is 1. The molecule has 8 heteroatoms. The summed E-state index contributed by atoms with van der Waals surface area (Å²) in [7, 11) is 3.52. The van der Waals surface area contributed by atoms with Gasteiger partial charge in [0.25, 0.3) is 5.91 Å². The second kappa shape index (κ2) is 12.5. The molecule has 34 heavy (non-hydrogen) atoms. The summed E-state index contributed by atoms with van der Waals surface area (Å²) in [5.41, 5.74) is 2.87. The number of nitrogens with zero attached hydrogens (tertiary/aromatic N) is 1. The Morgan fingerprint density at radius 3 is 2.47 bits per heavy atom. The molecule has 0 spiro atoms. The third kappa shape index (κ3) is 6.06. The Morgan fingerprint density at radius 2 is 1.79 bits per heavy atom. The molecule has 4 rings (SSSR count). The van der Waals surface area contributed by atoms with Gasteiger partial charge in [0.05, 0.1) is 24.7 Å². The van der Waals surface area contributed by atoms with Crippen molar-refractivity contribution in [1.29, 1.82) is 0 Å². The Balaban J connectivity index is 0.00000324. The highest BCUT2D eigenvalue weighted by Gasteiger charge is 2.39. The normalized spacial score (nSPS) is 17.5. The van der Waals surface area contributed by atoms with Crippen molar-refractivity contribution in [2.75, 3.05) is 32.1 Å². The molecule has 0 aliphatic carbocycles. The Hall–Kier alpha value is -2.22. The second-order valence-electron chi connectivity index (χ2n) is 7.73. The van der Waals surface area contributed by atoms with Gasteiger partial charge in [0.2, 0.25) is 0 Å². The third-order valence-electron chi connectivity index (χ3n) is 5.55. The van der Waals surface area contributed by atoms with Crippen molar-refractivity contribution >= 4 is 47.4 Å². The van der Waals surface area contributed by atoms with Crippen LogP contribution in [-0.2, 0) is 16.1 Å². The van der Waals surface area contributed by atoms with Crippen molar-refractivity contribution in [3.63, 3.8) is 0 Å². The number of benzene rings is 3. The van der Waals surface area contributed by atoms with Crippen molar-refractivity contribution < 1.29 is 14.3 Å². The Kier molecular flexibility index (Phi) is 9.68. The van der Waals surface area contributed by atoms with E-state index in [0.29, 0.717) is 24.7 Å². The Labute approximate surface area is 216 Å². The third-order valence-corrected chi connectivity index (χ3v) is 7.14. The summed E-state index contributed by atoms with van der Waals surface area (Å²) in [6.45, 7) is 1.55. The van der Waals surface area contributed by atoms with Crippen LogP contribution in [0.5, 0.6) is 5.75 Å². The molecule has 3 aromatic rings. The number of carbonyl (C=O) groups is 1. The number of ether oxygens (including phenoxy) is 2. The number of rotatable bonds is 8. The number of thioether (sulfide) groups is 1. The Bertz CT molecular complexity index is 1080. The fourth-order valence-corrected chi connectivity index (χ4v) is 5.43. The molecule has 1 aliphatic heterocycles. The van der Waals surface area contributed by atoms with E-state index in [1.165, 1.54) is 0 Å². The second-order valence-corrected chi connectivity index (χ2v) is 9.35. The summed E-state index contributed by atoms with van der Waals surface area (Å²) < 4.78 is 11.7. The van der Waals surface area contributed by atoms with Crippen LogP contribution >= 0.6 is 35.8 Å². The number of carbonyl (C=O) groups excluding carboxylic acids is 1. The number of methoxy groups -OCH3 is 1. The SMILES string of the molecule is CNCCN1C(=O)C(OCc2ccccc2)C(c2ccc(OC)cc2)Sc2cc(Cl)ccc21.Cl. The fourth-order valence-electron chi connectivity index (χ4n) is 3.82. The van der Waals surface area contributed by atoms with E-state index in [4.69, 9.17) is 21.1 Å². The van der Waals surface area contributed by atoms with Gasteiger partial charge >= 0.3 is 0 Å². The molecule has 5 nitrogen and oxygen atoms in total. The van der Waals surface area contributed by atoms with Gasteiger partial charge in [-0.25, -0.2) is 0 Å². The van der Waals surface area contributed by atoms with E-state index in [2.05, 4.69) is 5.32 Å². The van der Waals surface area contributed by atoms with E-state index < -0.39 is 6.10 Å². The standard InChI is InChI=1S/C26H27ClN2O3S.ClH/c1-28-14-15-29-22-13-10-20(27)16-23(22)33-25(19-8-11-21(31-2)12-9-19)24(26(29)30)32-17-18-6-4-3-5-7-18;/h3-13,16,24-25,28H,14-15,17H2,1-2H3;1H. The van der Waals surface area contributed by atoms with Crippen LogP contribution in [0.4, 0.5) is 5.69 Å². The first-order valence-electron chi connectivity index (χ1n) is 10.8. The number of nitrogens with one attached hydrogen (secondary N) is 1. The molecule has 0 saturated heterocycles. The van der Waals surface area contributed by atoms with Crippen LogP contribution in [0.2, 0.25) is 5.02 Å². The molecule has 0 radical (unpaired) electrons. The highest BCUT2D eigenvalue weighted by Crippen LogP contribution is 2.47. The molecule has 1 N–H and O–H groups in total. The summed E-state index contributed by atoms with van der Waals surface area (Å²) in [5, 5.41) is 3.54. The van der Waals surface area contributed by atoms with E-state index in [9.17, 15) is 4.79 Å². The predicted molar refractivity (Wildman–Crippen MR) is 142 cm³/mol. The minimum absolute atomic E-state index is 0. The predicted octanol–water partition coefficient (Wildman–Crippen LogP) is 5.76. The van der Waals surface area contributed by atoms with Gasteiger partial charge in [0, 0.05) is 23.0 Å². The van der Waals surface area contributed by atoms with E-state index in [0.717, 1.165) is 27.5 Å². The number of hydrogen-bond acceptors (Lipinski definition) is 5. The van der Waals surface area contributed by atoms with E-state index in [1.54, 1.807) is 18.9 Å². The highest BCUT2D eigenvalue weighted by molar-refractivity contribution is 7.99. The molecular formula is C26H28Cl2N2O3S. The van der Waals surface area contributed by atoms with Gasteiger partial charge < -0.3 is 19.7 Å². The van der Waals surface area contributed by atoms with Crippen LogP contribution in [0.15, 0.2) is 77.7 Å². The molecule has 1 amide bonds. The monoisotopic (exact) mass is 518 g/mol. The fraction of sp³-hybridized carbons (Fsp3) is 0.269. The van der Waals surface area contributed by atoms with Gasteiger partial charge in [-0.2, -0.15) is 0 Å². The van der Waals surface area contributed by atoms with Gasteiger partial charge in [-0.15, -0.1) is 24.2 Å². The number of halogens is 2. The molecule has 2 unspecified atom stereocenters. The van der Waals surface area contributed by atoms with E-state index >= 15 is 0 Å². The molecular weight excluding hydrogens is 491 g/mol. The van der Waals surface area contributed by atoms with Crippen LogP contribution in [0.1, 0.15) is 16.4 Å². The van der Waals surface area contributed by atoms with Gasteiger partial charge in [0.15, 0.2) is 6.10 Å². The van der Waals surface area contributed by atoms with Gasteiger partial charge in [-0.05, 0) is 48.5 Å². The topological polar surface area (TPSA) is 50.8 Å². The molecule has 0 fully saturated rings. The van der Waals surface area contributed by atoms with Crippen molar-refractivity contribution in [2.24, 2.45) is 0 Å². The maximum atomic E-state index is 13.9. The molecule has 1 aliphatic rings. The molecule has 1 heterocycles. The van der Waals surface area contributed by atoms with Crippen molar-refractivity contribution in [3.05, 3.63) is 88.9 Å². The summed E-state index contributed by atoms with van der Waals surface area (Å²) in [5.74, 6) is 0.708. The van der Waals surface area contributed by atoms with Crippen LogP contribution < -0.4 is 15.0 Å². The first kappa shape index (κ1) is 26.4. The zero-order chi connectivity index (χ0) is 23.2. The maximum Gasteiger partial charge on any atom is 0.257 e. The maximum absolute atomic E-state index is 13.9. The summed E-state index contributed by atoms with van der Waals surface area (Å²) >= 11 is 7.96. The zero-order valence-corrected chi connectivity index (χ0v) is 21.5. The van der Waals surface area contributed by atoms with Crippen molar-refractivity contribution in [3.8, 4) is 5.75 Å².